The summed E-state index contributed by atoms with van der Waals surface area (Å²) in [6, 6.07) is 3.86. The average molecular weight is 417 g/mol. The molecule has 0 aliphatic carbocycles. The summed E-state index contributed by atoms with van der Waals surface area (Å²) in [5.41, 5.74) is -0.563. The molecule has 1 aromatic rings. The maximum atomic E-state index is 12.4. The molecule has 0 aliphatic rings. The SMILES string of the molecule is CN(C)CCN(CC(=O)OC(C)(C)C)C(=O)/C=C/c1ccc(Br)s1. The van der Waals surface area contributed by atoms with Gasteiger partial charge in [-0.2, -0.15) is 0 Å². The number of nitrogens with zero attached hydrogens (tertiary/aromatic N) is 2. The summed E-state index contributed by atoms with van der Waals surface area (Å²) < 4.78 is 6.32. The zero-order valence-corrected chi connectivity index (χ0v) is 17.2. The van der Waals surface area contributed by atoms with Gasteiger partial charge < -0.3 is 14.5 Å². The lowest BCUT2D eigenvalue weighted by Gasteiger charge is -2.25. The van der Waals surface area contributed by atoms with Crippen molar-refractivity contribution in [3.8, 4) is 0 Å². The fourth-order valence-corrected chi connectivity index (χ4v) is 3.12. The molecular weight excluding hydrogens is 392 g/mol. The molecule has 0 unspecified atom stereocenters. The van der Waals surface area contributed by atoms with E-state index in [0.717, 1.165) is 8.66 Å². The fourth-order valence-electron chi connectivity index (χ4n) is 1.79. The highest BCUT2D eigenvalue weighted by molar-refractivity contribution is 9.11. The number of thiophene rings is 1. The third kappa shape index (κ3) is 8.61. The molecule has 24 heavy (non-hydrogen) atoms. The molecule has 0 atom stereocenters. The van der Waals surface area contributed by atoms with Crippen LogP contribution in [0.15, 0.2) is 22.0 Å². The van der Waals surface area contributed by atoms with Gasteiger partial charge >= 0.3 is 5.97 Å². The van der Waals surface area contributed by atoms with E-state index in [1.807, 2.05) is 51.9 Å². The number of esters is 1. The highest BCUT2D eigenvalue weighted by atomic mass is 79.9. The lowest BCUT2D eigenvalue weighted by molar-refractivity contribution is -0.158. The highest BCUT2D eigenvalue weighted by Gasteiger charge is 2.21. The van der Waals surface area contributed by atoms with Crippen LogP contribution in [0, 0.1) is 0 Å². The maximum absolute atomic E-state index is 12.4. The van der Waals surface area contributed by atoms with E-state index in [1.54, 1.807) is 17.4 Å². The summed E-state index contributed by atoms with van der Waals surface area (Å²) in [7, 11) is 3.85. The largest absolute Gasteiger partial charge is 0.459 e. The van der Waals surface area contributed by atoms with Crippen LogP contribution in [0.5, 0.6) is 0 Å². The van der Waals surface area contributed by atoms with Crippen molar-refractivity contribution in [2.75, 3.05) is 33.7 Å². The summed E-state index contributed by atoms with van der Waals surface area (Å²) in [6.07, 6.45) is 3.26. The number of amides is 1. The molecule has 134 valence electrons. The van der Waals surface area contributed by atoms with Crippen molar-refractivity contribution >= 4 is 45.2 Å². The van der Waals surface area contributed by atoms with E-state index >= 15 is 0 Å². The van der Waals surface area contributed by atoms with Gasteiger partial charge in [-0.3, -0.25) is 9.59 Å². The molecule has 1 rings (SSSR count). The van der Waals surface area contributed by atoms with E-state index in [1.165, 1.54) is 11.0 Å². The van der Waals surface area contributed by atoms with Gasteiger partial charge in [0.05, 0.1) is 3.79 Å². The predicted octanol–water partition coefficient (Wildman–Crippen LogP) is 3.26. The molecule has 0 aromatic carbocycles. The van der Waals surface area contributed by atoms with Gasteiger partial charge in [0.15, 0.2) is 0 Å². The zero-order valence-electron chi connectivity index (χ0n) is 14.8. The molecule has 0 fully saturated rings. The Hall–Kier alpha value is -1.18. The second kappa shape index (κ2) is 9.34. The summed E-state index contributed by atoms with van der Waals surface area (Å²) in [5.74, 6) is -0.603. The Morgan fingerprint density at radius 3 is 2.42 bits per heavy atom. The minimum Gasteiger partial charge on any atom is -0.459 e. The van der Waals surface area contributed by atoms with Crippen molar-refractivity contribution in [2.24, 2.45) is 0 Å². The van der Waals surface area contributed by atoms with Crippen molar-refractivity contribution in [1.82, 2.24) is 9.80 Å². The molecular formula is C17H25BrN2O3S. The molecule has 7 heteroatoms. The number of carbonyl (C=O) groups is 2. The molecule has 0 spiro atoms. The summed E-state index contributed by atoms with van der Waals surface area (Å²) in [6.45, 7) is 6.52. The molecule has 5 nitrogen and oxygen atoms in total. The summed E-state index contributed by atoms with van der Waals surface area (Å²) >= 11 is 4.93. The molecule has 0 saturated carbocycles. The smallest absolute Gasteiger partial charge is 0.326 e. The number of hydrogen-bond acceptors (Lipinski definition) is 5. The van der Waals surface area contributed by atoms with E-state index in [4.69, 9.17) is 4.74 Å². The Labute approximate surface area is 156 Å². The topological polar surface area (TPSA) is 49.9 Å². The first kappa shape index (κ1) is 20.9. The zero-order chi connectivity index (χ0) is 18.3. The van der Waals surface area contributed by atoms with Gasteiger partial charge in [-0.1, -0.05) is 0 Å². The number of rotatable bonds is 7. The Bertz CT molecular complexity index is 591. The minimum absolute atomic E-state index is 0.0532. The van der Waals surface area contributed by atoms with Gasteiger partial charge in [0, 0.05) is 24.0 Å². The van der Waals surface area contributed by atoms with E-state index in [2.05, 4.69) is 15.9 Å². The number of hydrogen-bond donors (Lipinski definition) is 0. The molecule has 1 heterocycles. The Kier molecular flexibility index (Phi) is 8.12. The molecule has 0 bridgehead atoms. The van der Waals surface area contributed by atoms with Crippen LogP contribution in [-0.4, -0.2) is 61.0 Å². The van der Waals surface area contributed by atoms with Crippen molar-refractivity contribution in [2.45, 2.75) is 26.4 Å². The van der Waals surface area contributed by atoms with Crippen LogP contribution in [0.25, 0.3) is 6.08 Å². The van der Waals surface area contributed by atoms with E-state index in [9.17, 15) is 9.59 Å². The average Bonchev–Trinajstić information content (AvgIpc) is 2.84. The quantitative estimate of drug-likeness (QED) is 0.505. The van der Waals surface area contributed by atoms with Crippen LogP contribution in [0.2, 0.25) is 0 Å². The van der Waals surface area contributed by atoms with Crippen molar-refractivity contribution in [3.05, 3.63) is 26.9 Å². The Morgan fingerprint density at radius 1 is 1.25 bits per heavy atom. The lowest BCUT2D eigenvalue weighted by atomic mass is 10.2. The highest BCUT2D eigenvalue weighted by Crippen LogP contribution is 2.23. The van der Waals surface area contributed by atoms with Crippen molar-refractivity contribution in [1.29, 1.82) is 0 Å². The van der Waals surface area contributed by atoms with Crippen LogP contribution in [0.4, 0.5) is 0 Å². The van der Waals surface area contributed by atoms with Gasteiger partial charge in [-0.25, -0.2) is 0 Å². The van der Waals surface area contributed by atoms with Gasteiger partial charge in [0.25, 0.3) is 0 Å². The van der Waals surface area contributed by atoms with E-state index in [-0.39, 0.29) is 12.5 Å². The third-order valence-corrected chi connectivity index (χ3v) is 4.44. The number of halogens is 1. The van der Waals surface area contributed by atoms with Crippen molar-refractivity contribution in [3.63, 3.8) is 0 Å². The molecule has 0 aliphatic heterocycles. The number of likely N-dealkylation sites (N-methyl/N-ethyl adjacent to an activating group) is 1. The standard InChI is InChI=1S/C17H25BrN2O3S/c1-17(2,3)23-16(22)12-20(11-10-19(4)5)15(21)9-7-13-6-8-14(18)24-13/h6-9H,10-12H2,1-5H3/b9-7+. The molecule has 1 amide bonds. The first-order valence-corrected chi connectivity index (χ1v) is 9.26. The predicted molar refractivity (Wildman–Crippen MR) is 102 cm³/mol. The van der Waals surface area contributed by atoms with Crippen LogP contribution < -0.4 is 0 Å². The normalized spacial score (nSPS) is 12.0. The van der Waals surface area contributed by atoms with Gasteiger partial charge in [-0.15, -0.1) is 11.3 Å². The summed E-state index contributed by atoms with van der Waals surface area (Å²) in [4.78, 5) is 28.9. The maximum Gasteiger partial charge on any atom is 0.326 e. The van der Waals surface area contributed by atoms with Crippen LogP contribution >= 0.6 is 27.3 Å². The van der Waals surface area contributed by atoms with Gasteiger partial charge in [0.1, 0.15) is 12.1 Å². The first-order valence-electron chi connectivity index (χ1n) is 7.66. The fraction of sp³-hybridized carbons (Fsp3) is 0.529. The van der Waals surface area contributed by atoms with Crippen LogP contribution in [-0.2, 0) is 14.3 Å². The molecule has 1 aromatic heterocycles. The van der Waals surface area contributed by atoms with Crippen LogP contribution in [0.3, 0.4) is 0 Å². The molecule has 0 radical (unpaired) electrons. The Morgan fingerprint density at radius 2 is 1.92 bits per heavy atom. The monoisotopic (exact) mass is 416 g/mol. The Balaban J connectivity index is 2.74. The summed E-state index contributed by atoms with van der Waals surface area (Å²) in [5, 5.41) is 0. The molecule has 0 N–H and O–H groups in total. The first-order chi connectivity index (χ1) is 11.1. The molecule has 0 saturated heterocycles. The third-order valence-electron chi connectivity index (χ3n) is 2.85. The van der Waals surface area contributed by atoms with Crippen molar-refractivity contribution < 1.29 is 14.3 Å². The second-order valence-corrected chi connectivity index (χ2v) is 9.12. The lowest BCUT2D eigenvalue weighted by Crippen LogP contribution is -2.41. The van der Waals surface area contributed by atoms with E-state index < -0.39 is 11.6 Å². The second-order valence-electron chi connectivity index (χ2n) is 6.62. The minimum atomic E-state index is -0.563. The number of carbonyl (C=O) groups excluding carboxylic acids is 2. The van der Waals surface area contributed by atoms with Gasteiger partial charge in [0.2, 0.25) is 5.91 Å². The van der Waals surface area contributed by atoms with Gasteiger partial charge in [-0.05, 0) is 69.0 Å². The number of ether oxygens (including phenoxy) is 1. The van der Waals surface area contributed by atoms with Crippen LogP contribution in [0.1, 0.15) is 25.6 Å². The van der Waals surface area contributed by atoms with E-state index in [0.29, 0.717) is 13.1 Å².